The van der Waals surface area contributed by atoms with Gasteiger partial charge >= 0.3 is 12.1 Å². The van der Waals surface area contributed by atoms with E-state index >= 15 is 0 Å². The molecule has 0 aromatic heterocycles. The molecule has 1 aromatic carbocycles. The molecule has 2 N–H and O–H groups in total. The molecule has 0 spiro atoms. The summed E-state index contributed by atoms with van der Waals surface area (Å²) >= 11 is 3.03. The third-order valence-electron chi connectivity index (χ3n) is 2.00. The molecule has 90 valence electrons. The molecule has 0 fully saturated rings. The summed E-state index contributed by atoms with van der Waals surface area (Å²) in [5.74, 6) is -4.94. The van der Waals surface area contributed by atoms with Crippen LogP contribution in [0.5, 0.6) is 0 Å². The zero-order valence-corrected chi connectivity index (χ0v) is 9.32. The molecular weight excluding hydrogens is 297 g/mol. The minimum absolute atomic E-state index is 0.273. The lowest BCUT2D eigenvalue weighted by molar-refractivity contribution is -0.291. The Morgan fingerprint density at radius 3 is 1.81 bits per heavy atom. The van der Waals surface area contributed by atoms with Gasteiger partial charge in [-0.25, -0.2) is 0 Å². The molecule has 1 atom stereocenters. The molecule has 16 heavy (non-hydrogen) atoms. The van der Waals surface area contributed by atoms with E-state index in [0.29, 0.717) is 4.47 Å². The van der Waals surface area contributed by atoms with Crippen molar-refractivity contribution in [2.45, 2.75) is 18.1 Å². The first-order valence-electron chi connectivity index (χ1n) is 4.12. The van der Waals surface area contributed by atoms with E-state index in [9.17, 15) is 22.0 Å². The molecule has 0 amide bonds. The maximum absolute atomic E-state index is 12.8. The first-order valence-corrected chi connectivity index (χ1v) is 4.91. The normalized spacial score (nSPS) is 14.9. The zero-order chi connectivity index (χ0) is 12.6. The van der Waals surface area contributed by atoms with Gasteiger partial charge < -0.3 is 5.73 Å². The fraction of sp³-hybridized carbons (Fsp3) is 0.333. The number of hydrogen-bond donors (Lipinski definition) is 1. The molecule has 1 aromatic rings. The molecule has 0 heterocycles. The summed E-state index contributed by atoms with van der Waals surface area (Å²) in [7, 11) is 0. The Morgan fingerprint density at radius 2 is 1.44 bits per heavy atom. The highest BCUT2D eigenvalue weighted by Gasteiger charge is 2.61. The monoisotopic (exact) mass is 303 g/mol. The van der Waals surface area contributed by atoms with E-state index in [1.807, 2.05) is 0 Å². The Kier molecular flexibility index (Phi) is 3.59. The highest BCUT2D eigenvalue weighted by Crippen LogP contribution is 2.43. The van der Waals surface area contributed by atoms with Crippen LogP contribution < -0.4 is 5.73 Å². The van der Waals surface area contributed by atoms with Gasteiger partial charge in [-0.2, -0.15) is 22.0 Å². The van der Waals surface area contributed by atoms with Crippen molar-refractivity contribution in [3.63, 3.8) is 0 Å². The van der Waals surface area contributed by atoms with Crippen LogP contribution in [-0.2, 0) is 0 Å². The molecular formula is C9H7BrF5N. The molecule has 1 rings (SSSR count). The first-order chi connectivity index (χ1) is 7.16. The van der Waals surface area contributed by atoms with Crippen molar-refractivity contribution < 1.29 is 22.0 Å². The Labute approximate surface area is 96.6 Å². The molecule has 0 bridgehead atoms. The molecule has 0 saturated heterocycles. The van der Waals surface area contributed by atoms with E-state index in [2.05, 4.69) is 15.9 Å². The standard InChI is InChI=1S/C9H7BrF5N/c10-6-3-1-5(2-4-6)7(16)8(11,12)9(13,14)15/h1-4,7H,16H2/t7-/m1/s1. The quantitative estimate of drug-likeness (QED) is 0.829. The maximum Gasteiger partial charge on any atom is 0.455 e. The number of benzene rings is 1. The molecule has 0 unspecified atom stereocenters. The summed E-state index contributed by atoms with van der Waals surface area (Å²) in [4.78, 5) is 0. The average molecular weight is 304 g/mol. The summed E-state index contributed by atoms with van der Waals surface area (Å²) in [6, 6.07) is 2.53. The van der Waals surface area contributed by atoms with Gasteiger partial charge in [-0.3, -0.25) is 0 Å². The summed E-state index contributed by atoms with van der Waals surface area (Å²) in [5.41, 5.74) is 4.65. The third kappa shape index (κ3) is 2.52. The van der Waals surface area contributed by atoms with Crippen LogP contribution in [-0.4, -0.2) is 12.1 Å². The summed E-state index contributed by atoms with van der Waals surface area (Å²) in [6.45, 7) is 0. The van der Waals surface area contributed by atoms with E-state index in [0.717, 1.165) is 12.1 Å². The maximum atomic E-state index is 12.8. The predicted octanol–water partition coefficient (Wildman–Crippen LogP) is 3.65. The van der Waals surface area contributed by atoms with Crippen LogP contribution in [0.2, 0.25) is 0 Å². The number of rotatable bonds is 2. The van der Waals surface area contributed by atoms with Crippen molar-refractivity contribution in [2.75, 3.05) is 0 Å². The Balaban J connectivity index is 3.02. The van der Waals surface area contributed by atoms with Crippen LogP contribution in [0.4, 0.5) is 22.0 Å². The minimum Gasteiger partial charge on any atom is -0.319 e. The van der Waals surface area contributed by atoms with E-state index < -0.39 is 18.1 Å². The van der Waals surface area contributed by atoms with E-state index in [1.165, 1.54) is 12.1 Å². The van der Waals surface area contributed by atoms with Gasteiger partial charge in [0.2, 0.25) is 0 Å². The molecule has 0 aliphatic heterocycles. The van der Waals surface area contributed by atoms with E-state index in [-0.39, 0.29) is 5.56 Å². The Bertz CT molecular complexity index is 359. The van der Waals surface area contributed by atoms with Gasteiger partial charge in [0.05, 0.1) is 0 Å². The molecule has 0 radical (unpaired) electrons. The zero-order valence-electron chi connectivity index (χ0n) is 7.73. The minimum atomic E-state index is -5.65. The van der Waals surface area contributed by atoms with Gasteiger partial charge in [0, 0.05) is 4.47 Å². The second-order valence-corrected chi connectivity index (χ2v) is 4.07. The Hall–Kier alpha value is -0.690. The second kappa shape index (κ2) is 4.29. The largest absolute Gasteiger partial charge is 0.455 e. The number of hydrogen-bond acceptors (Lipinski definition) is 1. The molecule has 0 aliphatic carbocycles. The van der Waals surface area contributed by atoms with Crippen molar-refractivity contribution >= 4 is 15.9 Å². The van der Waals surface area contributed by atoms with E-state index in [4.69, 9.17) is 5.73 Å². The van der Waals surface area contributed by atoms with Crippen molar-refractivity contribution in [2.24, 2.45) is 5.73 Å². The molecule has 1 nitrogen and oxygen atoms in total. The van der Waals surface area contributed by atoms with Crippen molar-refractivity contribution in [1.82, 2.24) is 0 Å². The molecule has 7 heteroatoms. The third-order valence-corrected chi connectivity index (χ3v) is 2.53. The van der Waals surface area contributed by atoms with Gasteiger partial charge in [-0.1, -0.05) is 28.1 Å². The van der Waals surface area contributed by atoms with E-state index in [1.54, 1.807) is 0 Å². The van der Waals surface area contributed by atoms with Crippen molar-refractivity contribution in [3.05, 3.63) is 34.3 Å². The SMILES string of the molecule is N[C@H](c1ccc(Br)cc1)C(F)(F)C(F)(F)F. The fourth-order valence-corrected chi connectivity index (χ4v) is 1.32. The fourth-order valence-electron chi connectivity index (χ4n) is 1.06. The number of alkyl halides is 5. The van der Waals surface area contributed by atoms with Gasteiger partial charge in [-0.05, 0) is 17.7 Å². The summed E-state index contributed by atoms with van der Waals surface area (Å²) < 4.78 is 62.3. The van der Waals surface area contributed by atoms with Crippen LogP contribution in [0, 0.1) is 0 Å². The summed E-state index contributed by atoms with van der Waals surface area (Å²) in [6.07, 6.45) is -5.65. The number of halogens is 6. The second-order valence-electron chi connectivity index (χ2n) is 3.15. The lowest BCUT2D eigenvalue weighted by Gasteiger charge is -2.25. The predicted molar refractivity (Wildman–Crippen MR) is 52.1 cm³/mol. The molecule has 0 aliphatic rings. The van der Waals surface area contributed by atoms with Crippen molar-refractivity contribution in [1.29, 1.82) is 0 Å². The van der Waals surface area contributed by atoms with Gasteiger partial charge in [0.15, 0.2) is 0 Å². The van der Waals surface area contributed by atoms with Gasteiger partial charge in [-0.15, -0.1) is 0 Å². The topological polar surface area (TPSA) is 26.0 Å². The number of nitrogens with two attached hydrogens (primary N) is 1. The van der Waals surface area contributed by atoms with Crippen LogP contribution in [0.25, 0.3) is 0 Å². The highest BCUT2D eigenvalue weighted by molar-refractivity contribution is 9.10. The first kappa shape index (κ1) is 13.4. The average Bonchev–Trinajstić information content (AvgIpc) is 2.16. The van der Waals surface area contributed by atoms with Crippen molar-refractivity contribution in [3.8, 4) is 0 Å². The Morgan fingerprint density at radius 1 is 1.00 bits per heavy atom. The van der Waals surface area contributed by atoms with Gasteiger partial charge in [0.1, 0.15) is 6.04 Å². The summed E-state index contributed by atoms with van der Waals surface area (Å²) in [5, 5.41) is 0. The molecule has 0 saturated carbocycles. The van der Waals surface area contributed by atoms with Crippen LogP contribution in [0.3, 0.4) is 0 Å². The van der Waals surface area contributed by atoms with Gasteiger partial charge in [0.25, 0.3) is 0 Å². The lowest BCUT2D eigenvalue weighted by atomic mass is 10.0. The highest BCUT2D eigenvalue weighted by atomic mass is 79.9. The lowest BCUT2D eigenvalue weighted by Crippen LogP contribution is -2.45. The van der Waals surface area contributed by atoms with Crippen LogP contribution in [0.1, 0.15) is 11.6 Å². The smallest absolute Gasteiger partial charge is 0.319 e. The van der Waals surface area contributed by atoms with Crippen LogP contribution in [0.15, 0.2) is 28.7 Å². The van der Waals surface area contributed by atoms with Crippen LogP contribution >= 0.6 is 15.9 Å².